The molecule has 4 aromatic rings. The molecule has 0 heteroatoms. The van der Waals surface area contributed by atoms with Gasteiger partial charge in [-0.2, -0.15) is 0 Å². The maximum Gasteiger partial charge on any atom is -0.00944 e. The van der Waals surface area contributed by atoms with Gasteiger partial charge in [0, 0.05) is 0 Å². The van der Waals surface area contributed by atoms with Gasteiger partial charge < -0.3 is 0 Å². The van der Waals surface area contributed by atoms with Crippen LogP contribution in [0, 0.1) is 6.92 Å². The largest absolute Gasteiger partial charge is 0.120 e. The first-order valence-corrected chi connectivity index (χ1v) is 8.21. The van der Waals surface area contributed by atoms with Gasteiger partial charge in [0.1, 0.15) is 0 Å². The van der Waals surface area contributed by atoms with E-state index in [1.165, 1.54) is 38.2 Å². The fourth-order valence-corrected chi connectivity index (χ4v) is 3.09. The number of hydrogen-bond acceptors (Lipinski definition) is 0. The second kappa shape index (κ2) is 6.20. The van der Waals surface area contributed by atoms with Crippen LogP contribution in [0.4, 0.5) is 0 Å². The van der Waals surface area contributed by atoms with Gasteiger partial charge >= 0.3 is 0 Å². The lowest BCUT2D eigenvalue weighted by Gasteiger charge is -2.07. The van der Waals surface area contributed by atoms with Crippen molar-refractivity contribution in [2.75, 3.05) is 0 Å². The Morgan fingerprint density at radius 1 is 0.667 bits per heavy atom. The second-order valence-corrected chi connectivity index (χ2v) is 6.10. The van der Waals surface area contributed by atoms with Crippen LogP contribution in [0.15, 0.2) is 84.6 Å². The Kier molecular flexibility index (Phi) is 3.75. The summed E-state index contributed by atoms with van der Waals surface area (Å²) in [5, 5.41) is 5.12. The first-order valence-electron chi connectivity index (χ1n) is 8.21. The highest BCUT2D eigenvalue weighted by Gasteiger charge is 2.03. The summed E-state index contributed by atoms with van der Waals surface area (Å²) in [5.74, 6) is 0. The Balaban J connectivity index is 1.86. The fraction of sp³-hybridized carbons (Fsp3) is 0.0417. The molecule has 0 atom stereocenters. The topological polar surface area (TPSA) is 0 Å². The lowest BCUT2D eigenvalue weighted by molar-refractivity contribution is 1.46. The van der Waals surface area contributed by atoms with E-state index in [1.807, 2.05) is 6.08 Å². The minimum Gasteiger partial charge on any atom is -0.120 e. The molecule has 0 heterocycles. The molecule has 0 fully saturated rings. The van der Waals surface area contributed by atoms with Gasteiger partial charge in [-0.25, -0.2) is 0 Å². The normalized spacial score (nSPS) is 10.5. The highest BCUT2D eigenvalue weighted by atomic mass is 14.1. The number of aryl methyl sites for hydroxylation is 1. The molecule has 0 saturated carbocycles. The summed E-state index contributed by atoms with van der Waals surface area (Å²) in [5.41, 5.74) is 6.99. The van der Waals surface area contributed by atoms with E-state index in [-0.39, 0.29) is 0 Å². The van der Waals surface area contributed by atoms with Gasteiger partial charge in [0.25, 0.3) is 0 Å². The number of fused-ring (bicyclic) bond motifs is 3. The maximum atomic E-state index is 3.34. The van der Waals surface area contributed by atoms with E-state index in [4.69, 9.17) is 0 Å². The predicted molar refractivity (Wildman–Crippen MR) is 105 cm³/mol. The Bertz CT molecular complexity index is 1080. The highest BCUT2D eigenvalue weighted by Crippen LogP contribution is 2.29. The molecule has 0 aliphatic carbocycles. The van der Waals surface area contributed by atoms with E-state index in [2.05, 4.69) is 97.6 Å². The van der Waals surface area contributed by atoms with Crippen LogP contribution in [0.3, 0.4) is 0 Å². The van der Waals surface area contributed by atoms with Crippen molar-refractivity contribution in [1.29, 1.82) is 0 Å². The Hall–Kier alpha value is -3.08. The van der Waals surface area contributed by atoms with Crippen LogP contribution in [0.25, 0.3) is 33.7 Å². The van der Waals surface area contributed by atoms with Gasteiger partial charge in [0.15, 0.2) is 0 Å². The highest BCUT2D eigenvalue weighted by molar-refractivity contribution is 6.10. The predicted octanol–water partition coefficient (Wildman–Crippen LogP) is 6.63. The third-order valence-electron chi connectivity index (χ3n) is 4.37. The Morgan fingerprint density at radius 2 is 1.33 bits per heavy atom. The van der Waals surface area contributed by atoms with Crippen molar-refractivity contribution in [3.05, 3.63) is 101 Å². The van der Waals surface area contributed by atoms with Crippen LogP contribution < -0.4 is 0 Å². The van der Waals surface area contributed by atoms with E-state index in [1.54, 1.807) is 0 Å². The third kappa shape index (κ3) is 2.76. The summed E-state index contributed by atoms with van der Waals surface area (Å²) >= 11 is 0. The number of hydrogen-bond donors (Lipinski definition) is 0. The van der Waals surface area contributed by atoms with Crippen molar-refractivity contribution in [2.24, 2.45) is 0 Å². The molecule has 24 heavy (non-hydrogen) atoms. The van der Waals surface area contributed by atoms with Crippen LogP contribution in [0.5, 0.6) is 0 Å². The summed E-state index contributed by atoms with van der Waals surface area (Å²) in [6.07, 6.45) is 4.11. The van der Waals surface area contributed by atoms with Crippen LogP contribution in [-0.2, 0) is 0 Å². The molecule has 0 spiro atoms. The minimum atomic E-state index is 1.17. The van der Waals surface area contributed by atoms with E-state index >= 15 is 0 Å². The van der Waals surface area contributed by atoms with Crippen molar-refractivity contribution in [1.82, 2.24) is 0 Å². The van der Waals surface area contributed by atoms with Crippen LogP contribution in [0.2, 0.25) is 0 Å². The van der Waals surface area contributed by atoms with E-state index in [9.17, 15) is 0 Å². The lowest BCUT2D eigenvalue weighted by Crippen LogP contribution is -1.81. The third-order valence-corrected chi connectivity index (χ3v) is 4.37. The number of rotatable bonds is 2. The number of benzene rings is 4. The molecule has 0 saturated heterocycles. The molecule has 0 unspecified atom stereocenters. The van der Waals surface area contributed by atoms with Gasteiger partial charge in [-0.05, 0) is 57.8 Å². The molecule has 4 rings (SSSR count). The van der Waals surface area contributed by atoms with E-state index in [0.717, 1.165) is 0 Å². The fourth-order valence-electron chi connectivity index (χ4n) is 3.09. The monoisotopic (exact) mass is 306 g/mol. The summed E-state index contributed by atoms with van der Waals surface area (Å²) in [4.78, 5) is 0. The van der Waals surface area contributed by atoms with Crippen LogP contribution in [-0.4, -0.2) is 0 Å². The molecular formula is C24H18. The minimum absolute atomic E-state index is 1.17. The standard InChI is InChI=1S/C24H18/c1-18-13-15-19(16-14-18)7-6-9-21-17-20-8-2-3-10-22(20)24-12-5-4-11-23(21)24/h2-5,7-17H,1H3. The summed E-state index contributed by atoms with van der Waals surface area (Å²) < 4.78 is 0. The molecule has 0 bridgehead atoms. The molecule has 0 aliphatic rings. The van der Waals surface area contributed by atoms with Gasteiger partial charge in [-0.15, -0.1) is 5.73 Å². The smallest absolute Gasteiger partial charge is 0.00944 e. The molecule has 0 radical (unpaired) electrons. The molecule has 0 aromatic heterocycles. The van der Waals surface area contributed by atoms with Crippen molar-refractivity contribution in [2.45, 2.75) is 6.92 Å². The Morgan fingerprint density at radius 3 is 2.12 bits per heavy atom. The zero-order valence-corrected chi connectivity index (χ0v) is 13.7. The van der Waals surface area contributed by atoms with E-state index < -0.39 is 0 Å². The average Bonchev–Trinajstić information content (AvgIpc) is 2.63. The van der Waals surface area contributed by atoms with Gasteiger partial charge in [0.2, 0.25) is 0 Å². The second-order valence-electron chi connectivity index (χ2n) is 6.10. The van der Waals surface area contributed by atoms with Crippen molar-refractivity contribution < 1.29 is 0 Å². The van der Waals surface area contributed by atoms with Gasteiger partial charge in [0.05, 0.1) is 0 Å². The molecule has 4 aromatic carbocycles. The van der Waals surface area contributed by atoms with Crippen LogP contribution in [0.1, 0.15) is 16.7 Å². The van der Waals surface area contributed by atoms with E-state index in [0.29, 0.717) is 0 Å². The van der Waals surface area contributed by atoms with Crippen molar-refractivity contribution in [3.63, 3.8) is 0 Å². The molecule has 0 aliphatic heterocycles. The Labute approximate surface area is 142 Å². The molecule has 0 amide bonds. The maximum absolute atomic E-state index is 3.34. The summed E-state index contributed by atoms with van der Waals surface area (Å²) in [6, 6.07) is 27.8. The van der Waals surface area contributed by atoms with Gasteiger partial charge in [-0.1, -0.05) is 78.4 Å². The van der Waals surface area contributed by atoms with Gasteiger partial charge in [-0.3, -0.25) is 0 Å². The SMILES string of the molecule is Cc1ccc(C=C=Cc2cc3ccccc3c3ccccc23)cc1. The molecule has 0 nitrogen and oxygen atoms in total. The average molecular weight is 306 g/mol. The van der Waals surface area contributed by atoms with Crippen molar-refractivity contribution in [3.8, 4) is 0 Å². The molecular weight excluding hydrogens is 288 g/mol. The quantitative estimate of drug-likeness (QED) is 0.288. The lowest BCUT2D eigenvalue weighted by atomic mass is 9.97. The van der Waals surface area contributed by atoms with Crippen molar-refractivity contribution >= 4 is 33.7 Å². The molecule has 0 N–H and O–H groups in total. The summed E-state index contributed by atoms with van der Waals surface area (Å²) in [6.45, 7) is 2.10. The zero-order valence-electron chi connectivity index (χ0n) is 13.7. The summed E-state index contributed by atoms with van der Waals surface area (Å²) in [7, 11) is 0. The zero-order chi connectivity index (χ0) is 16.4. The van der Waals surface area contributed by atoms with Crippen LogP contribution >= 0.6 is 0 Å². The first kappa shape index (κ1) is 14.5. The molecule has 114 valence electrons. The first-order chi connectivity index (χ1) is 11.8.